The highest BCUT2D eigenvalue weighted by Crippen LogP contribution is 2.55. The van der Waals surface area contributed by atoms with Crippen molar-refractivity contribution in [2.24, 2.45) is 0 Å². The molecule has 4 nitrogen and oxygen atoms in total. The van der Waals surface area contributed by atoms with Gasteiger partial charge in [0, 0.05) is 91.8 Å². The van der Waals surface area contributed by atoms with Crippen LogP contribution in [0.5, 0.6) is 0 Å². The lowest BCUT2D eigenvalue weighted by Gasteiger charge is -2.45. The van der Waals surface area contributed by atoms with E-state index in [2.05, 4.69) is 386 Å². The van der Waals surface area contributed by atoms with Gasteiger partial charge in [-0.25, -0.2) is 0 Å². The molecule has 0 saturated carbocycles. The van der Waals surface area contributed by atoms with Gasteiger partial charge >= 0.3 is 0 Å². The predicted molar refractivity (Wildman–Crippen MR) is 464 cm³/mol. The molecule has 110 heavy (non-hydrogen) atoms. The summed E-state index contributed by atoms with van der Waals surface area (Å²) in [6.07, 6.45) is 0. The van der Waals surface area contributed by atoms with Gasteiger partial charge in [0.1, 0.15) is 22.3 Å². The SMILES string of the molecule is c1ccc(-c2ccc3c(c2-c2ccccc2)Sc2cc(-c4ccc5oc6ccccc6c5c4)cc4c2B3c2cc3c(cc2N4c2ccccc2)N(c2c(-c4ccccc4)cccc2-c2ccccc2)c2cc(-c4ccc5oc6ccccc6c5c4)cc4c2B3c2ccc(-c3ccccc3)c(-c3ccccc3)c2S4)cc1. The van der Waals surface area contributed by atoms with Gasteiger partial charge in [-0.3, -0.25) is 0 Å². The van der Waals surface area contributed by atoms with E-state index in [0.717, 1.165) is 123 Å². The number of anilines is 6. The maximum Gasteiger partial charge on any atom is 0.249 e. The Hall–Kier alpha value is -13.2. The van der Waals surface area contributed by atoms with Crippen LogP contribution in [-0.4, -0.2) is 13.4 Å². The van der Waals surface area contributed by atoms with Gasteiger partial charge < -0.3 is 18.6 Å². The van der Waals surface area contributed by atoms with Gasteiger partial charge in [0.25, 0.3) is 0 Å². The maximum absolute atomic E-state index is 6.61. The Morgan fingerprint density at radius 2 is 0.600 bits per heavy atom. The molecule has 0 atom stereocenters. The first-order valence-electron chi connectivity index (χ1n) is 37.7. The highest BCUT2D eigenvalue weighted by atomic mass is 32.2. The molecule has 0 saturated heterocycles. The van der Waals surface area contributed by atoms with Crippen LogP contribution in [0.3, 0.4) is 0 Å². The Morgan fingerprint density at radius 3 is 1.05 bits per heavy atom. The summed E-state index contributed by atoms with van der Waals surface area (Å²) in [4.78, 5) is 10.3. The third kappa shape index (κ3) is 9.86. The van der Waals surface area contributed by atoms with Crippen molar-refractivity contribution < 1.29 is 8.83 Å². The van der Waals surface area contributed by atoms with Crippen molar-refractivity contribution in [2.75, 3.05) is 9.80 Å². The molecule has 0 amide bonds. The van der Waals surface area contributed by atoms with Crippen molar-refractivity contribution in [1.29, 1.82) is 0 Å². The summed E-state index contributed by atoms with van der Waals surface area (Å²) in [6.45, 7) is -0.475. The van der Waals surface area contributed by atoms with E-state index in [0.29, 0.717) is 0 Å². The lowest BCUT2D eigenvalue weighted by atomic mass is 9.31. The van der Waals surface area contributed by atoms with E-state index in [9.17, 15) is 0 Å². The van der Waals surface area contributed by atoms with E-state index >= 15 is 0 Å². The fourth-order valence-electron chi connectivity index (χ4n) is 18.3. The predicted octanol–water partition coefficient (Wildman–Crippen LogP) is 24.3. The second-order valence-electron chi connectivity index (χ2n) is 29.2. The molecule has 19 aromatic rings. The van der Waals surface area contributed by atoms with Gasteiger partial charge in [0.05, 0.1) is 5.69 Å². The Bertz CT molecular complexity index is 6920. The average molecular weight is 1430 g/mol. The zero-order chi connectivity index (χ0) is 72.1. The number of hydrogen-bond donors (Lipinski definition) is 0. The van der Waals surface area contributed by atoms with Crippen molar-refractivity contribution in [1.82, 2.24) is 0 Å². The molecule has 4 aliphatic heterocycles. The molecular weight excluding hydrogens is 1370 g/mol. The summed E-state index contributed by atoms with van der Waals surface area (Å²) < 4.78 is 13.2. The van der Waals surface area contributed by atoms with Crippen molar-refractivity contribution in [3.63, 3.8) is 0 Å². The summed E-state index contributed by atoms with van der Waals surface area (Å²) in [6, 6.07) is 140. The molecule has 4 aliphatic rings. The number of rotatable bonds is 10. The summed E-state index contributed by atoms with van der Waals surface area (Å²) in [7, 11) is 0. The van der Waals surface area contributed by atoms with Crippen LogP contribution in [-0.2, 0) is 0 Å². The van der Waals surface area contributed by atoms with E-state index in [-0.39, 0.29) is 13.4 Å². The zero-order valence-corrected chi connectivity index (χ0v) is 61.1. The van der Waals surface area contributed by atoms with E-state index in [4.69, 9.17) is 8.83 Å². The molecule has 23 rings (SSSR count). The molecule has 0 N–H and O–H groups in total. The molecule has 2 aromatic heterocycles. The first-order chi connectivity index (χ1) is 54.6. The van der Waals surface area contributed by atoms with Gasteiger partial charge in [-0.2, -0.15) is 0 Å². The summed E-state index contributed by atoms with van der Waals surface area (Å²) in [5.41, 5.74) is 36.4. The fourth-order valence-corrected chi connectivity index (χ4v) is 21.1. The van der Waals surface area contributed by atoms with E-state index in [1.54, 1.807) is 0 Å². The quantitative estimate of drug-likeness (QED) is 0.127. The van der Waals surface area contributed by atoms with Gasteiger partial charge in [-0.15, -0.1) is 0 Å². The standard InChI is InChI=1S/C102H62B2N2O2S2/c1-8-27-63(28-9-1)74-49-51-82-101(96(74)67-35-16-5-17-36-67)109-94-59-71(69-47-53-92-80(55-69)78-41-22-24-45-90(78)107-92)57-88-98(94)103(82)84-61-85-87(62-86(84)105(88)73-39-20-7-21-40-73)106(100-76(65-31-12-3-13-32-65)43-26-44-77(100)66-33-14-4-15-34-66)89-58-72(70-48-54-93-81(56-70)79-42-23-25-46-91(79)108-93)60-95-99(89)104(85)83-52-50-75(64-29-10-2-11-30-64)97(102(83)110-95)68-37-18-6-19-38-68/h1-62H. The average Bonchev–Trinajstić information content (AvgIpc) is 0.763. The molecule has 0 spiro atoms. The smallest absolute Gasteiger partial charge is 0.249 e. The normalized spacial score (nSPS) is 12.9. The second kappa shape index (κ2) is 25.2. The highest BCUT2D eigenvalue weighted by molar-refractivity contribution is 8.00. The van der Waals surface area contributed by atoms with Crippen LogP contribution in [0.15, 0.2) is 405 Å². The van der Waals surface area contributed by atoms with Crippen LogP contribution in [0.2, 0.25) is 0 Å². The van der Waals surface area contributed by atoms with Crippen molar-refractivity contribution in [3.8, 4) is 89.0 Å². The van der Waals surface area contributed by atoms with Gasteiger partial charge in [-0.05, 0) is 167 Å². The molecule has 0 radical (unpaired) electrons. The highest BCUT2D eigenvalue weighted by Gasteiger charge is 2.48. The van der Waals surface area contributed by atoms with Gasteiger partial charge in [0.2, 0.25) is 13.4 Å². The Labute approximate surface area is 646 Å². The Kier molecular flexibility index (Phi) is 14.4. The van der Waals surface area contributed by atoms with Crippen LogP contribution < -0.4 is 42.6 Å². The zero-order valence-electron chi connectivity index (χ0n) is 59.5. The third-order valence-corrected chi connectivity index (χ3v) is 25.6. The molecule has 0 bridgehead atoms. The van der Waals surface area contributed by atoms with E-state index in [1.807, 2.05) is 23.5 Å². The van der Waals surface area contributed by atoms with Crippen molar-refractivity contribution >= 4 is 148 Å². The van der Waals surface area contributed by atoms with Crippen LogP contribution in [0.4, 0.5) is 34.1 Å². The summed E-state index contributed by atoms with van der Waals surface area (Å²) >= 11 is 3.86. The van der Waals surface area contributed by atoms with Gasteiger partial charge in [0.15, 0.2) is 0 Å². The van der Waals surface area contributed by atoms with Crippen molar-refractivity contribution in [3.05, 3.63) is 376 Å². The number of para-hydroxylation sites is 4. The van der Waals surface area contributed by atoms with E-state index < -0.39 is 0 Å². The monoisotopic (exact) mass is 1430 g/mol. The molecule has 0 unspecified atom stereocenters. The fraction of sp³-hybridized carbons (Fsp3) is 0. The minimum absolute atomic E-state index is 0.224. The maximum atomic E-state index is 6.61. The number of fused-ring (bicyclic) bond motifs is 14. The van der Waals surface area contributed by atoms with Crippen molar-refractivity contribution in [2.45, 2.75) is 19.6 Å². The van der Waals surface area contributed by atoms with E-state index in [1.165, 1.54) is 96.9 Å². The largest absolute Gasteiger partial charge is 0.456 e. The molecule has 6 heterocycles. The lowest BCUT2D eigenvalue weighted by molar-refractivity contribution is 0.668. The summed E-state index contributed by atoms with van der Waals surface area (Å²) in [5, 5.41) is 4.39. The number of hydrogen-bond acceptors (Lipinski definition) is 6. The van der Waals surface area contributed by atoms with Crippen LogP contribution >= 0.6 is 23.5 Å². The van der Waals surface area contributed by atoms with Crippen LogP contribution in [0.25, 0.3) is 133 Å². The Morgan fingerprint density at radius 1 is 0.227 bits per heavy atom. The second-order valence-corrected chi connectivity index (χ2v) is 31.3. The van der Waals surface area contributed by atoms with Crippen LogP contribution in [0, 0.1) is 0 Å². The minimum atomic E-state index is -0.251. The topological polar surface area (TPSA) is 32.8 Å². The third-order valence-electron chi connectivity index (χ3n) is 23.2. The lowest BCUT2D eigenvalue weighted by Crippen LogP contribution is -2.64. The molecule has 17 aromatic carbocycles. The van der Waals surface area contributed by atoms with Crippen LogP contribution in [0.1, 0.15) is 0 Å². The molecule has 0 fully saturated rings. The minimum Gasteiger partial charge on any atom is -0.456 e. The molecule has 8 heteroatoms. The summed E-state index contributed by atoms with van der Waals surface area (Å²) in [5.74, 6) is 0. The molecule has 0 aliphatic carbocycles. The number of nitrogens with zero attached hydrogens (tertiary/aromatic N) is 2. The molecule has 510 valence electrons. The molecular formula is C102H62B2N2O2S2. The number of furan rings is 2. The first kappa shape index (κ1) is 62.9. The first-order valence-corrected chi connectivity index (χ1v) is 39.4. The van der Waals surface area contributed by atoms with Gasteiger partial charge in [-0.1, -0.05) is 332 Å². The number of benzene rings is 17. The Balaban J connectivity index is 0.874.